The fourth-order valence-electron chi connectivity index (χ4n) is 11.7. The number of carbonyl (C=O) groups excluding carboxylic acids is 2. The van der Waals surface area contributed by atoms with Crippen LogP contribution in [0.5, 0.6) is 0 Å². The normalized spacial score (nSPS) is 50.2. The fourth-order valence-corrected chi connectivity index (χ4v) is 11.7. The molecule has 14 atom stereocenters. The van der Waals surface area contributed by atoms with Crippen molar-refractivity contribution >= 4 is 11.8 Å². The Kier molecular flexibility index (Phi) is 6.72. The summed E-state index contributed by atoms with van der Waals surface area (Å²) in [6.45, 7) is 3.77. The van der Waals surface area contributed by atoms with Gasteiger partial charge in [0.15, 0.2) is 5.78 Å². The predicted molar refractivity (Wildman–Crippen MR) is 148 cm³/mol. The molecule has 0 amide bonds. The molecule has 1 aliphatic heterocycles. The number of esters is 1. The first kappa shape index (κ1) is 28.8. The molecule has 0 radical (unpaired) electrons. The molecule has 1 saturated heterocycles. The van der Waals surface area contributed by atoms with Crippen molar-refractivity contribution < 1.29 is 43.5 Å². The lowest BCUT2D eigenvalue weighted by atomic mass is 9.43. The first-order valence-corrected chi connectivity index (χ1v) is 15.2. The van der Waals surface area contributed by atoms with Gasteiger partial charge in [-0.2, -0.15) is 0 Å². The highest BCUT2D eigenvalue weighted by atomic mass is 16.6. The van der Waals surface area contributed by atoms with Crippen molar-refractivity contribution in [3.8, 4) is 0 Å². The number of ketones is 1. The van der Waals surface area contributed by atoms with Gasteiger partial charge in [-0.15, -0.1) is 0 Å². The number of aliphatic hydroxyl groups is 2. The Morgan fingerprint density at radius 3 is 2.43 bits per heavy atom. The van der Waals surface area contributed by atoms with E-state index in [1.54, 1.807) is 45.6 Å². The highest BCUT2D eigenvalue weighted by Gasteiger charge is 2.87. The number of ether oxygens (including phenoxy) is 5. The van der Waals surface area contributed by atoms with Gasteiger partial charge in [-0.05, 0) is 31.0 Å². The van der Waals surface area contributed by atoms with Gasteiger partial charge in [-0.3, -0.25) is 9.69 Å². The standard InChI is InChI=1S/C32H43NO9/c1-6-33-14-30(15-38-2)18(34)12-19(39-3)32-17-13-31(37)27(42-29(36)16-10-8-7-9-11-16)20(17)21(23(35)28(31)41-5)22(26(32)33)24(40-4)25(30)32/h7-11,17-22,24-28,34,37H,6,12-15H2,1-5H3. The Hall–Kier alpha value is -1.92. The zero-order valence-electron chi connectivity index (χ0n) is 25.0. The molecule has 1 aromatic rings. The fraction of sp³-hybridized carbons (Fsp3) is 0.750. The first-order chi connectivity index (χ1) is 20.2. The summed E-state index contributed by atoms with van der Waals surface area (Å²) in [7, 11) is 6.49. The van der Waals surface area contributed by atoms with Crippen molar-refractivity contribution in [2.24, 2.45) is 40.4 Å². The van der Waals surface area contributed by atoms with Gasteiger partial charge in [0.2, 0.25) is 0 Å². The highest BCUT2D eigenvalue weighted by Crippen LogP contribution is 2.78. The number of piperidine rings is 1. The molecule has 14 unspecified atom stereocenters. The third-order valence-electron chi connectivity index (χ3n) is 12.5. The Labute approximate surface area is 246 Å². The van der Waals surface area contributed by atoms with Crippen LogP contribution in [0.2, 0.25) is 0 Å². The molecule has 7 rings (SSSR count). The summed E-state index contributed by atoms with van der Waals surface area (Å²) in [6, 6.07) is 8.65. The maximum Gasteiger partial charge on any atom is 0.338 e. The van der Waals surface area contributed by atoms with E-state index < -0.39 is 52.5 Å². The van der Waals surface area contributed by atoms with Crippen LogP contribution in [0.1, 0.15) is 30.1 Å². The van der Waals surface area contributed by atoms with E-state index in [9.17, 15) is 19.8 Å². The summed E-state index contributed by atoms with van der Waals surface area (Å²) < 4.78 is 30.6. The van der Waals surface area contributed by atoms with Crippen LogP contribution in [-0.2, 0) is 28.5 Å². The summed E-state index contributed by atoms with van der Waals surface area (Å²) in [6.07, 6.45) is -2.90. The molecule has 7 bridgehead atoms. The summed E-state index contributed by atoms with van der Waals surface area (Å²) in [4.78, 5) is 30.4. The van der Waals surface area contributed by atoms with Crippen molar-refractivity contribution in [3.63, 3.8) is 0 Å². The minimum Gasteiger partial charge on any atom is -0.455 e. The second kappa shape index (κ2) is 9.79. The molecule has 42 heavy (non-hydrogen) atoms. The highest BCUT2D eigenvalue weighted by molar-refractivity contribution is 5.92. The van der Waals surface area contributed by atoms with Gasteiger partial charge in [-0.1, -0.05) is 25.1 Å². The summed E-state index contributed by atoms with van der Waals surface area (Å²) in [5.41, 5.74) is -2.56. The lowest BCUT2D eigenvalue weighted by Gasteiger charge is -2.69. The van der Waals surface area contributed by atoms with Crippen molar-refractivity contribution in [2.75, 3.05) is 48.1 Å². The number of hydrogen-bond acceptors (Lipinski definition) is 10. The molecule has 5 aliphatic carbocycles. The van der Waals surface area contributed by atoms with Crippen molar-refractivity contribution in [2.45, 2.75) is 61.9 Å². The number of likely N-dealkylation sites (tertiary alicyclic amines) is 1. The average molecular weight is 586 g/mol. The van der Waals surface area contributed by atoms with E-state index in [2.05, 4.69) is 11.8 Å². The van der Waals surface area contributed by atoms with Crippen LogP contribution in [0, 0.1) is 40.4 Å². The Balaban J connectivity index is 1.45. The molecule has 2 N–H and O–H groups in total. The zero-order chi connectivity index (χ0) is 29.8. The van der Waals surface area contributed by atoms with Gasteiger partial charge in [0.1, 0.15) is 17.8 Å². The van der Waals surface area contributed by atoms with E-state index in [0.29, 0.717) is 31.7 Å². The van der Waals surface area contributed by atoms with Gasteiger partial charge in [0.05, 0.1) is 30.5 Å². The van der Waals surface area contributed by atoms with Crippen LogP contribution in [0.4, 0.5) is 0 Å². The molecule has 230 valence electrons. The molecular formula is C32H43NO9. The lowest BCUT2D eigenvalue weighted by Crippen LogP contribution is -2.77. The van der Waals surface area contributed by atoms with Gasteiger partial charge < -0.3 is 33.9 Å². The average Bonchev–Trinajstić information content (AvgIpc) is 3.33. The van der Waals surface area contributed by atoms with Crippen LogP contribution in [0.15, 0.2) is 30.3 Å². The van der Waals surface area contributed by atoms with E-state index in [-0.39, 0.29) is 48.2 Å². The van der Waals surface area contributed by atoms with Gasteiger partial charge >= 0.3 is 5.97 Å². The summed E-state index contributed by atoms with van der Waals surface area (Å²) >= 11 is 0. The van der Waals surface area contributed by atoms with Crippen LogP contribution in [-0.4, -0.2) is 117 Å². The van der Waals surface area contributed by atoms with Crippen molar-refractivity contribution in [3.05, 3.63) is 35.9 Å². The number of fused-ring (bicyclic) bond motifs is 2. The Morgan fingerprint density at radius 1 is 1.07 bits per heavy atom. The molecular weight excluding hydrogens is 542 g/mol. The van der Waals surface area contributed by atoms with E-state index in [1.165, 1.54) is 7.11 Å². The second-order valence-electron chi connectivity index (χ2n) is 13.5. The largest absolute Gasteiger partial charge is 0.455 e. The molecule has 6 aliphatic rings. The van der Waals surface area contributed by atoms with Crippen LogP contribution < -0.4 is 0 Å². The Morgan fingerprint density at radius 2 is 1.81 bits per heavy atom. The molecule has 10 heteroatoms. The zero-order valence-corrected chi connectivity index (χ0v) is 25.0. The van der Waals surface area contributed by atoms with Crippen molar-refractivity contribution in [1.82, 2.24) is 4.90 Å². The van der Waals surface area contributed by atoms with Crippen LogP contribution in [0.3, 0.4) is 0 Å². The topological polar surface area (TPSA) is 124 Å². The van der Waals surface area contributed by atoms with Crippen LogP contribution in [0.25, 0.3) is 0 Å². The van der Waals surface area contributed by atoms with E-state index in [0.717, 1.165) is 0 Å². The smallest absolute Gasteiger partial charge is 0.338 e. The Bertz CT molecular complexity index is 1250. The summed E-state index contributed by atoms with van der Waals surface area (Å²) in [5.74, 6) is -2.42. The number of benzene rings is 1. The number of aliphatic hydroxyl groups excluding tert-OH is 1. The molecule has 0 aromatic heterocycles. The summed E-state index contributed by atoms with van der Waals surface area (Å²) in [5, 5.41) is 24.4. The van der Waals surface area contributed by atoms with Gasteiger partial charge in [-0.25, -0.2) is 4.79 Å². The SMILES string of the molecule is CCN1CC2(COC)C(O)CC(OC)C34C5CC6(O)C(OC)C(=O)C(C5C6OC(=O)c5ccccc5)C(C(OC)C23)C14. The molecule has 1 heterocycles. The monoisotopic (exact) mass is 585 g/mol. The minimum absolute atomic E-state index is 0.0847. The maximum atomic E-state index is 14.5. The molecule has 1 spiro atoms. The maximum absolute atomic E-state index is 14.5. The quantitative estimate of drug-likeness (QED) is 0.430. The van der Waals surface area contributed by atoms with Gasteiger partial charge in [0.25, 0.3) is 0 Å². The molecule has 10 nitrogen and oxygen atoms in total. The van der Waals surface area contributed by atoms with Crippen LogP contribution >= 0.6 is 0 Å². The number of nitrogens with zero attached hydrogens (tertiary/aromatic N) is 1. The number of hydrogen-bond donors (Lipinski definition) is 2. The molecule has 6 fully saturated rings. The van der Waals surface area contributed by atoms with Gasteiger partial charge in [0, 0.05) is 81.9 Å². The number of carbonyl (C=O) groups is 2. The third-order valence-corrected chi connectivity index (χ3v) is 12.5. The second-order valence-corrected chi connectivity index (χ2v) is 13.5. The third kappa shape index (κ3) is 3.19. The van der Waals surface area contributed by atoms with E-state index >= 15 is 0 Å². The first-order valence-electron chi connectivity index (χ1n) is 15.2. The van der Waals surface area contributed by atoms with Crippen molar-refractivity contribution in [1.29, 1.82) is 0 Å². The predicted octanol–water partition coefficient (Wildman–Crippen LogP) is 1.17. The molecule has 1 aromatic carbocycles. The van der Waals surface area contributed by atoms with E-state index in [4.69, 9.17) is 23.7 Å². The molecule has 5 saturated carbocycles. The number of Topliss-reactive ketones (excluding diaryl/α,β-unsaturated/α-hetero) is 1. The van der Waals surface area contributed by atoms with E-state index in [1.807, 2.05) is 6.07 Å². The minimum atomic E-state index is -1.70. The number of methoxy groups -OCH3 is 4. The number of rotatable bonds is 8. The lowest BCUT2D eigenvalue weighted by molar-refractivity contribution is -0.280.